The highest BCUT2D eigenvalue weighted by Gasteiger charge is 2.23. The predicted molar refractivity (Wildman–Crippen MR) is 86.2 cm³/mol. The number of rotatable bonds is 4. The third-order valence-electron chi connectivity index (χ3n) is 4.47. The first-order chi connectivity index (χ1) is 11.1. The predicted octanol–water partition coefficient (Wildman–Crippen LogP) is -1.57. The molecule has 6 nitrogen and oxygen atoms in total. The summed E-state index contributed by atoms with van der Waals surface area (Å²) in [5, 5.41) is 19.7. The van der Waals surface area contributed by atoms with Gasteiger partial charge in [0.25, 0.3) is 0 Å². The molecule has 124 valence electrons. The van der Waals surface area contributed by atoms with Gasteiger partial charge in [0.05, 0.1) is 11.6 Å². The Morgan fingerprint density at radius 3 is 2.52 bits per heavy atom. The molecular weight excluding hydrogens is 320 g/mol. The molecule has 0 spiro atoms. The number of fused-ring (bicyclic) bond motifs is 1. The van der Waals surface area contributed by atoms with E-state index in [1.54, 1.807) is 6.07 Å². The molecule has 1 aliphatic heterocycles. The van der Waals surface area contributed by atoms with E-state index in [2.05, 4.69) is 0 Å². The fraction of sp³-hybridized carbons (Fsp3) is 0.438. The summed E-state index contributed by atoms with van der Waals surface area (Å²) in [6, 6.07) is 4.55. The number of hydrogen-bond acceptors (Lipinski definition) is 4. The van der Waals surface area contributed by atoms with Crippen LogP contribution in [0.15, 0.2) is 27.4 Å². The molecule has 1 aliphatic rings. The van der Waals surface area contributed by atoms with Crippen molar-refractivity contribution < 1.29 is 24.4 Å². The van der Waals surface area contributed by atoms with Gasteiger partial charge in [0.15, 0.2) is 0 Å². The molecule has 0 aliphatic carbocycles. The minimum atomic E-state index is -0.418. The van der Waals surface area contributed by atoms with Crippen LogP contribution in [0.2, 0.25) is 5.02 Å². The number of nitrogens with one attached hydrogen (secondary N) is 2. The van der Waals surface area contributed by atoms with Crippen molar-refractivity contribution in [2.24, 2.45) is 0 Å². The van der Waals surface area contributed by atoms with Gasteiger partial charge in [-0.3, -0.25) is 0 Å². The second-order valence-electron chi connectivity index (χ2n) is 6.04. The van der Waals surface area contributed by atoms with Crippen molar-refractivity contribution in [2.45, 2.75) is 6.54 Å². The van der Waals surface area contributed by atoms with E-state index in [4.69, 9.17) is 21.1 Å². The van der Waals surface area contributed by atoms with Crippen molar-refractivity contribution in [3.63, 3.8) is 0 Å². The summed E-state index contributed by atoms with van der Waals surface area (Å²) in [7, 11) is 0. The molecule has 0 atom stereocenters. The molecule has 0 bridgehead atoms. The molecule has 23 heavy (non-hydrogen) atoms. The number of aliphatic hydroxyl groups excluding tert-OH is 1. The van der Waals surface area contributed by atoms with Gasteiger partial charge in [0, 0.05) is 23.1 Å². The van der Waals surface area contributed by atoms with E-state index < -0.39 is 5.63 Å². The maximum Gasteiger partial charge on any atom is 0.336 e. The van der Waals surface area contributed by atoms with Crippen molar-refractivity contribution in [3.05, 3.63) is 39.2 Å². The van der Waals surface area contributed by atoms with Crippen LogP contribution in [0.25, 0.3) is 11.0 Å². The molecule has 1 saturated heterocycles. The SMILES string of the molecule is O=c1cc(C[NH+]2CC[NH+](CCO)CC2)c2cc(Cl)c(O)cc2o1. The van der Waals surface area contributed by atoms with Crippen LogP contribution in [-0.2, 0) is 6.54 Å². The number of hydrogen-bond donors (Lipinski definition) is 4. The number of phenolic OH excluding ortho intramolecular Hbond substituents is 1. The Morgan fingerprint density at radius 2 is 1.83 bits per heavy atom. The topological polar surface area (TPSA) is 79.6 Å². The Balaban J connectivity index is 1.83. The number of halogens is 1. The molecule has 4 N–H and O–H groups in total. The van der Waals surface area contributed by atoms with Gasteiger partial charge in [-0.2, -0.15) is 0 Å². The van der Waals surface area contributed by atoms with Crippen LogP contribution in [0.3, 0.4) is 0 Å². The van der Waals surface area contributed by atoms with E-state index in [0.29, 0.717) is 5.58 Å². The maximum absolute atomic E-state index is 11.8. The lowest BCUT2D eigenvalue weighted by atomic mass is 10.1. The zero-order valence-corrected chi connectivity index (χ0v) is 13.5. The number of benzene rings is 1. The highest BCUT2D eigenvalue weighted by Crippen LogP contribution is 2.29. The molecule has 7 heteroatoms. The molecule has 0 unspecified atom stereocenters. The van der Waals surface area contributed by atoms with Crippen molar-refractivity contribution >= 4 is 22.6 Å². The summed E-state index contributed by atoms with van der Waals surface area (Å²) in [6.07, 6.45) is 0. The van der Waals surface area contributed by atoms with Gasteiger partial charge in [0.1, 0.15) is 50.6 Å². The summed E-state index contributed by atoms with van der Waals surface area (Å²) < 4.78 is 5.16. The number of aliphatic hydroxyl groups is 1. The van der Waals surface area contributed by atoms with Gasteiger partial charge in [-0.25, -0.2) is 4.79 Å². The van der Waals surface area contributed by atoms with Crippen LogP contribution in [0, 0.1) is 0 Å². The molecule has 1 aromatic heterocycles. The normalized spacial score (nSPS) is 21.7. The first-order valence-corrected chi connectivity index (χ1v) is 8.18. The lowest BCUT2D eigenvalue weighted by Gasteiger charge is -2.29. The summed E-state index contributed by atoms with van der Waals surface area (Å²) in [4.78, 5) is 14.6. The molecule has 2 aromatic rings. The van der Waals surface area contributed by atoms with Crippen LogP contribution in [-0.4, -0.2) is 49.5 Å². The van der Waals surface area contributed by atoms with E-state index >= 15 is 0 Å². The minimum absolute atomic E-state index is 0.0898. The van der Waals surface area contributed by atoms with Gasteiger partial charge in [-0.05, 0) is 6.07 Å². The average molecular weight is 341 g/mol. The Morgan fingerprint density at radius 1 is 1.13 bits per heavy atom. The first-order valence-electron chi connectivity index (χ1n) is 7.80. The largest absolute Gasteiger partial charge is 0.506 e. The number of aromatic hydroxyl groups is 1. The fourth-order valence-electron chi connectivity index (χ4n) is 3.19. The molecule has 1 fully saturated rings. The number of quaternary nitrogens is 2. The maximum atomic E-state index is 11.8. The Kier molecular flexibility index (Phi) is 4.87. The van der Waals surface area contributed by atoms with Crippen LogP contribution in [0.1, 0.15) is 5.56 Å². The standard InChI is InChI=1S/C16H19ClN2O4/c17-13-8-12-11(7-16(22)23-15(12)9-14(13)21)10-19-3-1-18(2-4-19)5-6-20/h7-9,20-21H,1-6,10H2/p+2. The van der Waals surface area contributed by atoms with Crippen LogP contribution < -0.4 is 15.4 Å². The van der Waals surface area contributed by atoms with Crippen molar-refractivity contribution in [2.75, 3.05) is 39.3 Å². The molecule has 0 amide bonds. The fourth-order valence-corrected chi connectivity index (χ4v) is 3.36. The van der Waals surface area contributed by atoms with E-state index in [1.807, 2.05) is 0 Å². The quantitative estimate of drug-likeness (QED) is 0.507. The Labute approximate surface area is 138 Å². The van der Waals surface area contributed by atoms with Crippen LogP contribution >= 0.6 is 11.6 Å². The Hall–Kier alpha value is -1.60. The van der Waals surface area contributed by atoms with E-state index in [9.17, 15) is 9.90 Å². The summed E-state index contributed by atoms with van der Waals surface area (Å²) in [5.74, 6) is -0.0898. The van der Waals surface area contributed by atoms with Crippen molar-refractivity contribution in [1.29, 1.82) is 0 Å². The molecule has 0 radical (unpaired) electrons. The lowest BCUT2D eigenvalue weighted by molar-refractivity contribution is -1.02. The monoisotopic (exact) mass is 340 g/mol. The van der Waals surface area contributed by atoms with Gasteiger partial charge in [0.2, 0.25) is 0 Å². The van der Waals surface area contributed by atoms with Crippen LogP contribution in [0.4, 0.5) is 0 Å². The molecule has 3 rings (SSSR count). The second-order valence-corrected chi connectivity index (χ2v) is 6.45. The zero-order chi connectivity index (χ0) is 16.4. The van der Waals surface area contributed by atoms with Gasteiger partial charge >= 0.3 is 5.63 Å². The molecule has 2 heterocycles. The van der Waals surface area contributed by atoms with Crippen molar-refractivity contribution in [1.82, 2.24) is 0 Å². The number of phenols is 1. The highest BCUT2D eigenvalue weighted by molar-refractivity contribution is 6.32. The third-order valence-corrected chi connectivity index (χ3v) is 4.77. The summed E-state index contributed by atoms with van der Waals surface area (Å²) >= 11 is 5.99. The summed E-state index contributed by atoms with van der Waals surface area (Å²) in [6.45, 7) is 5.73. The zero-order valence-electron chi connectivity index (χ0n) is 12.8. The number of piperazine rings is 1. The first kappa shape index (κ1) is 16.3. The molecule has 1 aromatic carbocycles. The average Bonchev–Trinajstić information content (AvgIpc) is 2.51. The Bertz CT molecular complexity index is 754. The third kappa shape index (κ3) is 3.67. The molecular formula is C16H21ClN2O4+2. The van der Waals surface area contributed by atoms with E-state index in [0.717, 1.165) is 50.2 Å². The van der Waals surface area contributed by atoms with Gasteiger partial charge < -0.3 is 24.4 Å². The van der Waals surface area contributed by atoms with E-state index in [-0.39, 0.29) is 17.4 Å². The second kappa shape index (κ2) is 6.88. The lowest BCUT2D eigenvalue weighted by Crippen LogP contribution is -3.27. The molecule has 0 saturated carbocycles. The van der Waals surface area contributed by atoms with Crippen molar-refractivity contribution in [3.8, 4) is 5.75 Å². The summed E-state index contributed by atoms with van der Waals surface area (Å²) in [5.41, 5.74) is 0.829. The van der Waals surface area contributed by atoms with E-state index in [1.165, 1.54) is 21.9 Å². The highest BCUT2D eigenvalue weighted by atomic mass is 35.5. The minimum Gasteiger partial charge on any atom is -0.506 e. The van der Waals surface area contributed by atoms with Gasteiger partial charge in [-0.1, -0.05) is 11.6 Å². The van der Waals surface area contributed by atoms with Gasteiger partial charge in [-0.15, -0.1) is 0 Å². The van der Waals surface area contributed by atoms with Crippen LogP contribution in [0.5, 0.6) is 5.75 Å². The smallest absolute Gasteiger partial charge is 0.336 e.